The number of carbonyl (C=O) groups is 1. The highest BCUT2D eigenvalue weighted by atomic mass is 16.2. The number of hydrogen-bond donors (Lipinski definition) is 1. The first kappa shape index (κ1) is 18.5. The Hall–Kier alpha value is -2.30. The molecule has 0 bridgehead atoms. The van der Waals surface area contributed by atoms with Gasteiger partial charge < -0.3 is 15.1 Å². The monoisotopic (exact) mass is 354 g/mol. The van der Waals surface area contributed by atoms with Gasteiger partial charge in [0.1, 0.15) is 0 Å². The maximum atomic E-state index is 11.9. The van der Waals surface area contributed by atoms with E-state index in [2.05, 4.69) is 51.6 Å². The molecular formula is C21H30N4O. The molecule has 1 N–H and O–H groups in total. The maximum Gasteiger partial charge on any atom is 0.222 e. The number of carbonyl (C=O) groups excluding carboxylic acids is 1. The molecule has 1 aromatic rings. The smallest absolute Gasteiger partial charge is 0.222 e. The quantitative estimate of drug-likeness (QED) is 0.369. The summed E-state index contributed by atoms with van der Waals surface area (Å²) in [5, 5.41) is 3.47. The van der Waals surface area contributed by atoms with Gasteiger partial charge in [-0.05, 0) is 37.8 Å². The summed E-state index contributed by atoms with van der Waals surface area (Å²) in [6, 6.07) is 8.60. The van der Waals surface area contributed by atoms with Crippen molar-refractivity contribution >= 4 is 17.6 Å². The Balaban J connectivity index is 1.67. The van der Waals surface area contributed by atoms with Gasteiger partial charge in [-0.2, -0.15) is 0 Å². The first-order chi connectivity index (χ1) is 12.7. The van der Waals surface area contributed by atoms with Gasteiger partial charge in [-0.25, -0.2) is 0 Å². The summed E-state index contributed by atoms with van der Waals surface area (Å²) in [7, 11) is 1.84. The Labute approximate surface area is 156 Å². The Morgan fingerprint density at radius 2 is 2.23 bits per heavy atom. The third-order valence-corrected chi connectivity index (χ3v) is 5.29. The third kappa shape index (κ3) is 4.09. The summed E-state index contributed by atoms with van der Waals surface area (Å²) >= 11 is 0. The average molecular weight is 354 g/mol. The van der Waals surface area contributed by atoms with Crippen LogP contribution in [0.15, 0.2) is 41.4 Å². The summed E-state index contributed by atoms with van der Waals surface area (Å²) in [6.45, 7) is 5.62. The second-order valence-corrected chi connectivity index (χ2v) is 6.97. The van der Waals surface area contributed by atoms with Gasteiger partial charge in [0.2, 0.25) is 5.91 Å². The van der Waals surface area contributed by atoms with Crippen molar-refractivity contribution < 1.29 is 4.79 Å². The van der Waals surface area contributed by atoms with Crippen LogP contribution in [-0.2, 0) is 4.79 Å². The van der Waals surface area contributed by atoms with Gasteiger partial charge in [-0.15, -0.1) is 0 Å². The topological polar surface area (TPSA) is 47.9 Å². The molecule has 5 nitrogen and oxygen atoms in total. The van der Waals surface area contributed by atoms with Gasteiger partial charge in [0.25, 0.3) is 0 Å². The van der Waals surface area contributed by atoms with Crippen molar-refractivity contribution in [2.45, 2.75) is 38.5 Å². The van der Waals surface area contributed by atoms with E-state index >= 15 is 0 Å². The standard InChI is InChI=1S/C21H30N4O/c1-3-4-7-13-23-21(22-2)25-16-17(18-9-5-6-10-19(18)25)12-15-24-14-8-11-20(24)26/h3-6,9-10,17H,7-8,11-16H2,1-2H3,(H,22,23). The molecule has 2 aliphatic heterocycles. The number of allylic oxidation sites excluding steroid dienone is 1. The molecule has 3 rings (SSSR count). The predicted molar refractivity (Wildman–Crippen MR) is 108 cm³/mol. The molecule has 0 spiro atoms. The zero-order valence-electron chi connectivity index (χ0n) is 15.9. The summed E-state index contributed by atoms with van der Waals surface area (Å²) in [5.41, 5.74) is 2.61. The first-order valence-corrected chi connectivity index (χ1v) is 9.70. The number of guanidine groups is 1. The van der Waals surface area contributed by atoms with Gasteiger partial charge >= 0.3 is 0 Å². The number of aliphatic imine (C=N–C) groups is 1. The number of para-hydroxylation sites is 1. The predicted octanol–water partition coefficient (Wildman–Crippen LogP) is 3.14. The van der Waals surface area contributed by atoms with E-state index < -0.39 is 0 Å². The van der Waals surface area contributed by atoms with Crippen molar-refractivity contribution in [2.24, 2.45) is 4.99 Å². The minimum Gasteiger partial charge on any atom is -0.356 e. The van der Waals surface area contributed by atoms with E-state index in [0.29, 0.717) is 11.8 Å². The number of hydrogen-bond acceptors (Lipinski definition) is 2. The third-order valence-electron chi connectivity index (χ3n) is 5.29. The van der Waals surface area contributed by atoms with Gasteiger partial charge in [0.15, 0.2) is 5.96 Å². The first-order valence-electron chi connectivity index (χ1n) is 9.70. The lowest BCUT2D eigenvalue weighted by atomic mass is 9.98. The van der Waals surface area contributed by atoms with E-state index in [1.54, 1.807) is 0 Å². The number of fused-ring (bicyclic) bond motifs is 1. The molecular weight excluding hydrogens is 324 g/mol. The molecule has 1 fully saturated rings. The van der Waals surface area contributed by atoms with Gasteiger partial charge in [-0.3, -0.25) is 9.79 Å². The fraction of sp³-hybridized carbons (Fsp3) is 0.524. The highest BCUT2D eigenvalue weighted by molar-refractivity contribution is 5.98. The molecule has 26 heavy (non-hydrogen) atoms. The highest BCUT2D eigenvalue weighted by Crippen LogP contribution is 2.38. The van der Waals surface area contributed by atoms with E-state index in [0.717, 1.165) is 57.8 Å². The molecule has 1 amide bonds. The van der Waals surface area contributed by atoms with Crippen LogP contribution in [0.25, 0.3) is 0 Å². The number of amides is 1. The van der Waals surface area contributed by atoms with Crippen LogP contribution in [0.3, 0.4) is 0 Å². The van der Waals surface area contributed by atoms with E-state index in [4.69, 9.17) is 0 Å². The number of nitrogens with one attached hydrogen (secondary N) is 1. The summed E-state index contributed by atoms with van der Waals surface area (Å²) in [6.07, 6.45) is 7.96. The van der Waals surface area contributed by atoms with Crippen molar-refractivity contribution in [3.8, 4) is 0 Å². The normalized spacial score (nSPS) is 20.3. The van der Waals surface area contributed by atoms with Crippen LogP contribution in [0.2, 0.25) is 0 Å². The fourth-order valence-corrected chi connectivity index (χ4v) is 3.92. The molecule has 140 valence electrons. The zero-order chi connectivity index (χ0) is 18.4. The van der Waals surface area contributed by atoms with Crippen molar-refractivity contribution in [3.63, 3.8) is 0 Å². The van der Waals surface area contributed by atoms with Crippen LogP contribution in [0.1, 0.15) is 44.1 Å². The minimum atomic E-state index is 0.314. The summed E-state index contributed by atoms with van der Waals surface area (Å²) in [4.78, 5) is 20.7. The molecule has 2 aliphatic rings. The van der Waals surface area contributed by atoms with Gasteiger partial charge in [0.05, 0.1) is 0 Å². The number of anilines is 1. The average Bonchev–Trinajstić information content (AvgIpc) is 3.24. The number of likely N-dealkylation sites (tertiary alicyclic amines) is 1. The molecule has 0 saturated carbocycles. The number of rotatable bonds is 6. The van der Waals surface area contributed by atoms with Gasteiger partial charge in [0, 0.05) is 51.3 Å². The second-order valence-electron chi connectivity index (χ2n) is 6.97. The van der Waals surface area contributed by atoms with Crippen molar-refractivity contribution in [3.05, 3.63) is 42.0 Å². The van der Waals surface area contributed by atoms with Crippen LogP contribution in [0.5, 0.6) is 0 Å². The molecule has 0 aromatic heterocycles. The highest BCUT2D eigenvalue weighted by Gasteiger charge is 2.31. The van der Waals surface area contributed by atoms with Crippen LogP contribution in [0.4, 0.5) is 5.69 Å². The SMILES string of the molecule is CC=CCCNC(=NC)N1CC(CCN2CCCC2=O)c2ccccc21. The van der Waals surface area contributed by atoms with E-state index in [1.807, 2.05) is 18.9 Å². The van der Waals surface area contributed by atoms with E-state index in [-0.39, 0.29) is 0 Å². The fourth-order valence-electron chi connectivity index (χ4n) is 3.92. The molecule has 1 atom stereocenters. The van der Waals surface area contributed by atoms with Gasteiger partial charge in [-0.1, -0.05) is 30.4 Å². The Morgan fingerprint density at radius 1 is 1.38 bits per heavy atom. The van der Waals surface area contributed by atoms with E-state index in [9.17, 15) is 4.79 Å². The Bertz CT molecular complexity index is 682. The molecule has 1 saturated heterocycles. The van der Waals surface area contributed by atoms with Crippen LogP contribution >= 0.6 is 0 Å². The lowest BCUT2D eigenvalue weighted by Crippen LogP contribution is -2.41. The molecule has 2 heterocycles. The minimum absolute atomic E-state index is 0.314. The number of nitrogens with zero attached hydrogens (tertiary/aromatic N) is 3. The van der Waals surface area contributed by atoms with Crippen molar-refractivity contribution in [1.29, 1.82) is 0 Å². The summed E-state index contributed by atoms with van der Waals surface area (Å²) < 4.78 is 0. The van der Waals surface area contributed by atoms with Crippen LogP contribution in [0, 0.1) is 0 Å². The molecule has 0 aliphatic carbocycles. The van der Waals surface area contributed by atoms with Crippen LogP contribution < -0.4 is 10.2 Å². The van der Waals surface area contributed by atoms with Crippen molar-refractivity contribution in [2.75, 3.05) is 38.1 Å². The lowest BCUT2D eigenvalue weighted by Gasteiger charge is -2.23. The van der Waals surface area contributed by atoms with Crippen molar-refractivity contribution in [1.82, 2.24) is 10.2 Å². The van der Waals surface area contributed by atoms with Crippen LogP contribution in [-0.4, -0.2) is 50.0 Å². The maximum absolute atomic E-state index is 11.9. The zero-order valence-corrected chi connectivity index (χ0v) is 15.9. The Kier molecular flexibility index (Phi) is 6.31. The second kappa shape index (κ2) is 8.88. The largest absolute Gasteiger partial charge is 0.356 e. The molecule has 1 unspecified atom stereocenters. The van der Waals surface area contributed by atoms with E-state index in [1.165, 1.54) is 11.3 Å². The molecule has 0 radical (unpaired) electrons. The number of benzene rings is 1. The molecule has 5 heteroatoms. The Morgan fingerprint density at radius 3 is 2.96 bits per heavy atom. The molecule has 1 aromatic carbocycles. The lowest BCUT2D eigenvalue weighted by molar-refractivity contribution is -0.127. The summed E-state index contributed by atoms with van der Waals surface area (Å²) in [5.74, 6) is 1.69.